The molecule has 0 aromatic heterocycles. The summed E-state index contributed by atoms with van der Waals surface area (Å²) >= 11 is 0. The van der Waals surface area contributed by atoms with Crippen LogP contribution in [0.1, 0.15) is 48.5 Å². The molecule has 0 amide bonds. The summed E-state index contributed by atoms with van der Waals surface area (Å²) in [4.78, 5) is 0. The minimum atomic E-state index is 0. The number of allylic oxidation sites excluding steroid dienone is 4. The van der Waals surface area contributed by atoms with Crippen molar-refractivity contribution < 1.29 is 21.7 Å². The second kappa shape index (κ2) is 5.06. The molecule has 0 aromatic rings. The van der Waals surface area contributed by atoms with Crippen LogP contribution in [-0.2, 0) is 21.7 Å². The van der Waals surface area contributed by atoms with E-state index >= 15 is 0 Å². The molecule has 2 aliphatic carbocycles. The molecule has 0 N–H and O–H groups in total. The zero-order valence-electron chi connectivity index (χ0n) is 12.3. The maximum atomic E-state index is 2.42. The van der Waals surface area contributed by atoms with Gasteiger partial charge in [-0.25, -0.2) is 0 Å². The van der Waals surface area contributed by atoms with Crippen LogP contribution in [0, 0.1) is 29.6 Å². The third-order valence-electron chi connectivity index (χ3n) is 5.54. The Morgan fingerprint density at radius 2 is 1.06 bits per heavy atom. The Balaban J connectivity index is 0.00000144. The second-order valence-corrected chi connectivity index (χ2v) is 6.00. The van der Waals surface area contributed by atoms with Crippen LogP contribution in [0.2, 0.25) is 0 Å². The molecule has 93 valence electrons. The van der Waals surface area contributed by atoms with Gasteiger partial charge < -0.3 is 0 Å². The third kappa shape index (κ3) is 2.02. The first kappa shape index (κ1) is 15.3. The maximum Gasteiger partial charge on any atom is 0.0232 e. The van der Waals surface area contributed by atoms with E-state index in [0.717, 1.165) is 23.7 Å². The van der Waals surface area contributed by atoms with Gasteiger partial charge in [0.15, 0.2) is 0 Å². The summed E-state index contributed by atoms with van der Waals surface area (Å²) in [6.07, 6.45) is 0. The summed E-state index contributed by atoms with van der Waals surface area (Å²) in [6.45, 7) is 16.6. The van der Waals surface area contributed by atoms with E-state index in [-0.39, 0.29) is 21.7 Å². The molecule has 0 aliphatic heterocycles. The van der Waals surface area contributed by atoms with Crippen molar-refractivity contribution in [3.05, 3.63) is 28.2 Å². The van der Waals surface area contributed by atoms with Crippen LogP contribution in [0.4, 0.5) is 0 Å². The van der Waals surface area contributed by atoms with E-state index < -0.39 is 0 Å². The molecule has 0 saturated carbocycles. The fourth-order valence-corrected chi connectivity index (χ4v) is 3.70. The minimum absolute atomic E-state index is 0. The van der Waals surface area contributed by atoms with Crippen LogP contribution in [-0.4, -0.2) is 0 Å². The molecule has 0 heterocycles. The zero-order valence-corrected chi connectivity index (χ0v) is 13.9. The predicted octanol–water partition coefficient (Wildman–Crippen LogP) is 4.78. The van der Waals surface area contributed by atoms with E-state index in [1.807, 2.05) is 0 Å². The van der Waals surface area contributed by atoms with Gasteiger partial charge in [-0.3, -0.25) is 0 Å². The molecule has 0 nitrogen and oxygen atoms in total. The first-order chi connectivity index (χ1) is 7.37. The number of hydrogen-bond acceptors (Lipinski definition) is 0. The zero-order chi connectivity index (χ0) is 12.2. The van der Waals surface area contributed by atoms with Gasteiger partial charge in [0.2, 0.25) is 0 Å². The standard InChI is InChI=1S/C16H25.Ti/c1-8-9(2)12(5)16-14(7)10(3)13(6)15(16)11(8)4;/h8-9,11-12H,1-7H3;. The van der Waals surface area contributed by atoms with E-state index in [9.17, 15) is 0 Å². The molecule has 17 heavy (non-hydrogen) atoms. The summed E-state index contributed by atoms with van der Waals surface area (Å²) in [7, 11) is 0. The summed E-state index contributed by atoms with van der Waals surface area (Å²) < 4.78 is 0. The Bertz CT molecular complexity index is 375. The Kier molecular flexibility index (Phi) is 4.54. The first-order valence-electron chi connectivity index (χ1n) is 6.64. The summed E-state index contributed by atoms with van der Waals surface area (Å²) in [5.41, 5.74) is 6.44. The van der Waals surface area contributed by atoms with Gasteiger partial charge >= 0.3 is 0 Å². The average molecular weight is 265 g/mol. The van der Waals surface area contributed by atoms with Gasteiger partial charge in [-0.1, -0.05) is 45.8 Å². The SMILES string of the molecule is C[C]1C(C)=C(C)C2=C1C(C)C(C)C(C)C2C.[Ti]. The summed E-state index contributed by atoms with van der Waals surface area (Å²) in [5, 5.41) is 0. The van der Waals surface area contributed by atoms with Crippen LogP contribution >= 0.6 is 0 Å². The van der Waals surface area contributed by atoms with Crippen molar-refractivity contribution in [3.63, 3.8) is 0 Å². The van der Waals surface area contributed by atoms with Gasteiger partial charge in [0.25, 0.3) is 0 Å². The molecular weight excluding hydrogens is 240 g/mol. The fraction of sp³-hybridized carbons (Fsp3) is 0.688. The van der Waals surface area contributed by atoms with Crippen molar-refractivity contribution in [1.82, 2.24) is 0 Å². The normalized spacial score (nSPS) is 38.3. The van der Waals surface area contributed by atoms with E-state index in [0.29, 0.717) is 0 Å². The second-order valence-electron chi connectivity index (χ2n) is 6.00. The fourth-order valence-electron chi connectivity index (χ4n) is 3.70. The summed E-state index contributed by atoms with van der Waals surface area (Å²) in [6, 6.07) is 0. The molecule has 2 rings (SSSR count). The molecule has 4 unspecified atom stereocenters. The Morgan fingerprint density at radius 3 is 1.53 bits per heavy atom. The molecule has 2 aliphatic rings. The van der Waals surface area contributed by atoms with E-state index in [4.69, 9.17) is 0 Å². The van der Waals surface area contributed by atoms with Gasteiger partial charge in [0.1, 0.15) is 0 Å². The first-order valence-corrected chi connectivity index (χ1v) is 6.64. The smallest absolute Gasteiger partial charge is 0.0232 e. The monoisotopic (exact) mass is 265 g/mol. The minimum Gasteiger partial charge on any atom is -0.0617 e. The Morgan fingerprint density at radius 1 is 0.647 bits per heavy atom. The third-order valence-corrected chi connectivity index (χ3v) is 5.54. The molecule has 1 heteroatoms. The van der Waals surface area contributed by atoms with Crippen LogP contribution in [0.5, 0.6) is 0 Å². The van der Waals surface area contributed by atoms with Crippen LogP contribution in [0.25, 0.3) is 0 Å². The van der Waals surface area contributed by atoms with Crippen LogP contribution < -0.4 is 0 Å². The van der Waals surface area contributed by atoms with Gasteiger partial charge in [0, 0.05) is 27.6 Å². The van der Waals surface area contributed by atoms with Gasteiger partial charge in [-0.15, -0.1) is 0 Å². The van der Waals surface area contributed by atoms with Gasteiger partial charge in [-0.05, 0) is 48.7 Å². The predicted molar refractivity (Wildman–Crippen MR) is 71.0 cm³/mol. The number of rotatable bonds is 0. The van der Waals surface area contributed by atoms with Crippen molar-refractivity contribution in [2.24, 2.45) is 23.7 Å². The van der Waals surface area contributed by atoms with Gasteiger partial charge in [0.05, 0.1) is 0 Å². The molecule has 0 bridgehead atoms. The van der Waals surface area contributed by atoms with Gasteiger partial charge in [-0.2, -0.15) is 0 Å². The van der Waals surface area contributed by atoms with Crippen molar-refractivity contribution in [2.45, 2.75) is 48.5 Å². The molecular formula is C16H25Ti. The van der Waals surface area contributed by atoms with Crippen molar-refractivity contribution in [1.29, 1.82) is 0 Å². The maximum absolute atomic E-state index is 2.42. The number of hydrogen-bond donors (Lipinski definition) is 0. The molecule has 0 spiro atoms. The van der Waals surface area contributed by atoms with Crippen LogP contribution in [0.3, 0.4) is 0 Å². The topological polar surface area (TPSA) is 0 Å². The molecule has 0 saturated heterocycles. The Labute approximate surface area is 122 Å². The van der Waals surface area contributed by atoms with Crippen LogP contribution in [0.15, 0.2) is 22.3 Å². The van der Waals surface area contributed by atoms with Crippen molar-refractivity contribution in [3.8, 4) is 0 Å². The van der Waals surface area contributed by atoms with E-state index in [2.05, 4.69) is 48.5 Å². The molecule has 0 aromatic carbocycles. The van der Waals surface area contributed by atoms with E-state index in [1.165, 1.54) is 5.57 Å². The van der Waals surface area contributed by atoms with Crippen molar-refractivity contribution in [2.75, 3.05) is 0 Å². The van der Waals surface area contributed by atoms with E-state index in [1.54, 1.807) is 22.6 Å². The largest absolute Gasteiger partial charge is 0.0617 e. The average Bonchev–Trinajstić information content (AvgIpc) is 2.48. The molecule has 4 atom stereocenters. The Hall–Kier alpha value is 0.194. The molecule has 1 radical (unpaired) electrons. The summed E-state index contributed by atoms with van der Waals surface area (Å²) in [5.74, 6) is 4.64. The quantitative estimate of drug-likeness (QED) is 0.553. The molecule has 0 fully saturated rings. The van der Waals surface area contributed by atoms with Crippen molar-refractivity contribution >= 4 is 0 Å².